The van der Waals surface area contributed by atoms with Gasteiger partial charge in [0.15, 0.2) is 12.4 Å². The minimum atomic E-state index is 0.305. The molecule has 3 aromatic rings. The maximum atomic E-state index is 2.56. The first-order chi connectivity index (χ1) is 14.8. The lowest BCUT2D eigenvalue weighted by Gasteiger charge is -2.27. The van der Waals surface area contributed by atoms with E-state index in [0.29, 0.717) is 5.37 Å². The van der Waals surface area contributed by atoms with E-state index in [4.69, 9.17) is 0 Å². The second kappa shape index (κ2) is 8.41. The van der Waals surface area contributed by atoms with Gasteiger partial charge in [-0.1, -0.05) is 48.2 Å². The van der Waals surface area contributed by atoms with Crippen LogP contribution in [0.1, 0.15) is 12.0 Å². The number of para-hydroxylation sites is 2. The first-order valence-corrected chi connectivity index (χ1v) is 11.4. The number of rotatable bonds is 5. The van der Waals surface area contributed by atoms with Crippen molar-refractivity contribution in [3.63, 3.8) is 0 Å². The predicted octanol–water partition coefficient (Wildman–Crippen LogP) is 5.35. The van der Waals surface area contributed by atoms with Crippen molar-refractivity contribution in [3.8, 4) is 0 Å². The summed E-state index contributed by atoms with van der Waals surface area (Å²) in [5, 5.41) is 0.305. The Morgan fingerprint density at radius 1 is 0.933 bits per heavy atom. The van der Waals surface area contributed by atoms with Gasteiger partial charge in [-0.25, -0.2) is 4.57 Å². The molecular weight excluding hydrogens is 386 g/mol. The summed E-state index contributed by atoms with van der Waals surface area (Å²) in [6, 6.07) is 23.7. The molecular formula is C26H26N3S+. The highest BCUT2D eigenvalue weighted by molar-refractivity contribution is 8.00. The summed E-state index contributed by atoms with van der Waals surface area (Å²) >= 11 is 1.95. The quantitative estimate of drug-likeness (QED) is 0.523. The van der Waals surface area contributed by atoms with Gasteiger partial charge in [0.05, 0.1) is 11.1 Å². The maximum Gasteiger partial charge on any atom is 0.168 e. The molecule has 0 N–H and O–H groups in total. The molecule has 0 saturated heterocycles. The van der Waals surface area contributed by atoms with Crippen LogP contribution in [0.15, 0.2) is 102 Å². The van der Waals surface area contributed by atoms with E-state index in [1.807, 2.05) is 11.8 Å². The van der Waals surface area contributed by atoms with Gasteiger partial charge in [-0.2, -0.15) is 0 Å². The smallest absolute Gasteiger partial charge is 0.168 e. The third-order valence-corrected chi connectivity index (χ3v) is 6.95. The highest BCUT2D eigenvalue weighted by atomic mass is 32.2. The number of fused-ring (bicyclic) bond motifs is 2. The van der Waals surface area contributed by atoms with Crippen molar-refractivity contribution in [1.82, 2.24) is 0 Å². The molecule has 2 aliphatic rings. The molecule has 3 nitrogen and oxygen atoms in total. The normalized spacial score (nSPS) is 18.6. The van der Waals surface area contributed by atoms with Gasteiger partial charge < -0.3 is 9.80 Å². The Hall–Kier alpha value is -2.98. The van der Waals surface area contributed by atoms with Crippen molar-refractivity contribution in [2.24, 2.45) is 0 Å². The number of allylic oxidation sites excluding steroid dienone is 2. The van der Waals surface area contributed by atoms with Gasteiger partial charge in [0, 0.05) is 54.5 Å². The minimum absolute atomic E-state index is 0.305. The lowest BCUT2D eigenvalue weighted by Crippen LogP contribution is -2.36. The zero-order chi connectivity index (χ0) is 20.3. The zero-order valence-electron chi connectivity index (χ0n) is 17.2. The summed E-state index contributed by atoms with van der Waals surface area (Å²) in [5.41, 5.74) is 5.22. The number of pyridine rings is 1. The van der Waals surface area contributed by atoms with Crippen LogP contribution < -0.4 is 14.4 Å². The molecule has 0 saturated carbocycles. The van der Waals surface area contributed by atoms with Crippen LogP contribution in [0.25, 0.3) is 5.57 Å². The van der Waals surface area contributed by atoms with Gasteiger partial charge >= 0.3 is 0 Å². The molecule has 0 bridgehead atoms. The Labute approximate surface area is 183 Å². The number of hydrogen-bond acceptors (Lipinski definition) is 3. The fraction of sp³-hybridized carbons (Fsp3) is 0.192. The van der Waals surface area contributed by atoms with E-state index in [-0.39, 0.29) is 0 Å². The van der Waals surface area contributed by atoms with Crippen LogP contribution in [0.4, 0.5) is 11.4 Å². The van der Waals surface area contributed by atoms with Crippen molar-refractivity contribution < 1.29 is 4.57 Å². The Balaban J connectivity index is 1.41. The molecule has 0 fully saturated rings. The van der Waals surface area contributed by atoms with Crippen LogP contribution in [0, 0.1) is 0 Å². The summed E-state index contributed by atoms with van der Waals surface area (Å²) in [5.74, 6) is 0. The molecule has 4 heteroatoms. The van der Waals surface area contributed by atoms with Crippen LogP contribution in [-0.4, -0.2) is 19.0 Å². The van der Waals surface area contributed by atoms with Crippen LogP contribution in [0.2, 0.25) is 0 Å². The fourth-order valence-electron chi connectivity index (χ4n) is 4.19. The topological polar surface area (TPSA) is 10.4 Å². The molecule has 0 aliphatic carbocycles. The van der Waals surface area contributed by atoms with Crippen molar-refractivity contribution >= 4 is 28.7 Å². The van der Waals surface area contributed by atoms with Crippen LogP contribution in [0.5, 0.6) is 0 Å². The molecule has 5 rings (SSSR count). The lowest BCUT2D eigenvalue weighted by atomic mass is 10.00. The van der Waals surface area contributed by atoms with E-state index >= 15 is 0 Å². The first kappa shape index (κ1) is 19.0. The van der Waals surface area contributed by atoms with Crippen LogP contribution in [-0.2, 0) is 6.54 Å². The van der Waals surface area contributed by atoms with Crippen molar-refractivity contribution in [2.75, 3.05) is 23.4 Å². The molecule has 1 aromatic heterocycles. The molecule has 2 aliphatic heterocycles. The largest absolute Gasteiger partial charge is 0.354 e. The Morgan fingerprint density at radius 2 is 1.70 bits per heavy atom. The second-order valence-corrected chi connectivity index (χ2v) is 8.86. The fourth-order valence-corrected chi connectivity index (χ4v) is 5.47. The van der Waals surface area contributed by atoms with Gasteiger partial charge in [-0.3, -0.25) is 0 Å². The number of aromatic nitrogens is 1. The first-order valence-electron chi connectivity index (χ1n) is 10.5. The number of nitrogens with zero attached hydrogens (tertiary/aromatic N) is 3. The number of aryl methyl sites for hydroxylation is 1. The molecule has 0 amide bonds. The SMILES string of the molecule is CN1C=CC(=CC2Sc3ccccc3N2CCC[n+]2ccccc2)c2ccccc21. The van der Waals surface area contributed by atoms with Crippen molar-refractivity contribution in [2.45, 2.75) is 23.2 Å². The number of hydrogen-bond donors (Lipinski definition) is 0. The summed E-state index contributed by atoms with van der Waals surface area (Å²) in [7, 11) is 2.11. The Kier molecular flexibility index (Phi) is 5.33. The lowest BCUT2D eigenvalue weighted by molar-refractivity contribution is -0.697. The summed E-state index contributed by atoms with van der Waals surface area (Å²) in [4.78, 5) is 6.13. The molecule has 2 aromatic carbocycles. The second-order valence-electron chi connectivity index (χ2n) is 7.70. The van der Waals surface area contributed by atoms with E-state index in [1.165, 1.54) is 27.4 Å². The molecule has 0 spiro atoms. The number of thioether (sulfide) groups is 1. The minimum Gasteiger partial charge on any atom is -0.354 e. The molecule has 1 atom stereocenters. The molecule has 3 heterocycles. The third-order valence-electron chi connectivity index (χ3n) is 5.72. The maximum absolute atomic E-state index is 2.56. The molecule has 150 valence electrons. The Bertz CT molecular complexity index is 1090. The van der Waals surface area contributed by atoms with Crippen LogP contribution in [0.3, 0.4) is 0 Å². The van der Waals surface area contributed by atoms with Gasteiger partial charge in [0.25, 0.3) is 0 Å². The van der Waals surface area contributed by atoms with E-state index in [9.17, 15) is 0 Å². The van der Waals surface area contributed by atoms with E-state index < -0.39 is 0 Å². The van der Waals surface area contributed by atoms with Gasteiger partial charge in [0.2, 0.25) is 0 Å². The summed E-state index contributed by atoms with van der Waals surface area (Å²) < 4.78 is 2.26. The molecule has 0 radical (unpaired) electrons. The average molecular weight is 413 g/mol. The standard InChI is InChI=1S/C26H26N3S/c1-27-19-14-21(22-10-3-4-11-23(22)27)20-26-29(24-12-5-6-13-25(24)30-26)18-9-17-28-15-7-2-8-16-28/h2-8,10-16,19-20,26H,9,17-18H2,1H3/q+1. The summed E-state index contributed by atoms with van der Waals surface area (Å²) in [6.07, 6.45) is 12.2. The van der Waals surface area contributed by atoms with Gasteiger partial charge in [-0.15, -0.1) is 0 Å². The van der Waals surface area contributed by atoms with Gasteiger partial charge in [-0.05, 0) is 35.9 Å². The molecule has 30 heavy (non-hydrogen) atoms. The molecule has 1 unspecified atom stereocenters. The zero-order valence-corrected chi connectivity index (χ0v) is 18.0. The highest BCUT2D eigenvalue weighted by Crippen LogP contribution is 2.45. The van der Waals surface area contributed by atoms with Crippen LogP contribution >= 0.6 is 11.8 Å². The van der Waals surface area contributed by atoms with E-state index in [0.717, 1.165) is 19.5 Å². The monoisotopic (exact) mass is 412 g/mol. The summed E-state index contributed by atoms with van der Waals surface area (Å²) in [6.45, 7) is 2.06. The highest BCUT2D eigenvalue weighted by Gasteiger charge is 2.29. The van der Waals surface area contributed by atoms with E-state index in [2.05, 4.69) is 119 Å². The third kappa shape index (κ3) is 3.75. The van der Waals surface area contributed by atoms with Gasteiger partial charge in [0.1, 0.15) is 6.54 Å². The Morgan fingerprint density at radius 3 is 2.57 bits per heavy atom. The number of benzene rings is 2. The predicted molar refractivity (Wildman–Crippen MR) is 127 cm³/mol. The number of anilines is 2. The average Bonchev–Trinajstić information content (AvgIpc) is 3.14. The van der Waals surface area contributed by atoms with E-state index in [1.54, 1.807) is 0 Å². The van der Waals surface area contributed by atoms with Crippen molar-refractivity contribution in [1.29, 1.82) is 0 Å². The van der Waals surface area contributed by atoms with Crippen molar-refractivity contribution in [3.05, 3.63) is 103 Å².